The molecule has 25 nitrogen and oxygen atoms in total. The number of ketones is 4. The van der Waals surface area contributed by atoms with Crippen LogP contribution in [0.2, 0.25) is 0 Å². The lowest BCUT2D eigenvalue weighted by Crippen LogP contribution is -2.31. The summed E-state index contributed by atoms with van der Waals surface area (Å²) in [4.78, 5) is 122. The zero-order valence-corrected chi connectivity index (χ0v) is 58.5. The van der Waals surface area contributed by atoms with Gasteiger partial charge in [-0.2, -0.15) is 23.5 Å². The van der Waals surface area contributed by atoms with Crippen LogP contribution in [0, 0.1) is 11.8 Å². The number of phenols is 2. The van der Waals surface area contributed by atoms with Crippen LogP contribution in [0.15, 0.2) is 48.6 Å². The van der Waals surface area contributed by atoms with Gasteiger partial charge in [0.2, 0.25) is 11.8 Å². The molecule has 99 heavy (non-hydrogen) atoms. The molecule has 0 aromatic heterocycles. The molecule has 0 radical (unpaired) electrons. The highest BCUT2D eigenvalue weighted by molar-refractivity contribution is 8.00. The standard InChI is InChI=1S/C38H52N2O12S.C34H49NO10S/c41-29(4-1-2-6-34-31-25-35(44)39-32(31)26-53-34)5-3-16-48-18-20-50-22-23-51-21-19-49-17-15-30(42)11-8-27-7-9-28(33(43)24-27)10-14-38(47)52-40-36(45)12-13-37(40)46;36-27(4-1-2-6-32-29-23-33(39)35-30(29)24-46-32)5-3-14-42-16-18-44-20-21-45-19-17-43-15-13-28(37)11-8-25-7-9-26(31(38)22-25)10-12-34(40)41/h7,9-10,14,24,31-32,34,43H,1-6,8,11-13,15-23,25-26H2,(H,39,44);7,9-10,12,22,29-30,32,38H,1-6,8,11,13-21,23-24H2,(H,35,39)(H,40,41)/b14-10+;12-10+. The summed E-state index contributed by atoms with van der Waals surface area (Å²) < 4.78 is 44.0. The molecule has 2 aromatic carbocycles. The summed E-state index contributed by atoms with van der Waals surface area (Å²) in [6.07, 6.45) is 17.8. The molecule has 5 aliphatic rings. The monoisotopic (exact) mass is 1420 g/mol. The number of carboxylic acid groups (broad SMARTS) is 1. The van der Waals surface area contributed by atoms with Crippen LogP contribution in [-0.2, 0) is 104 Å². The van der Waals surface area contributed by atoms with E-state index in [1.807, 2.05) is 23.5 Å². The molecule has 7 rings (SSSR count). The molecule has 6 atom stereocenters. The number of benzene rings is 2. The van der Waals surface area contributed by atoms with E-state index in [2.05, 4.69) is 10.6 Å². The summed E-state index contributed by atoms with van der Waals surface area (Å²) in [7, 11) is 0. The first-order valence-electron chi connectivity index (χ1n) is 34.8. The highest BCUT2D eigenvalue weighted by atomic mass is 32.2. The third-order valence-corrected chi connectivity index (χ3v) is 20.4. The Labute approximate surface area is 588 Å². The van der Waals surface area contributed by atoms with Crippen molar-refractivity contribution in [2.75, 3.05) is 117 Å². The number of thioether (sulfide) groups is 2. The molecule has 2 aromatic rings. The number of aryl methyl sites for hydroxylation is 2. The lowest BCUT2D eigenvalue weighted by molar-refractivity contribution is -0.193. The molecule has 0 saturated carbocycles. The van der Waals surface area contributed by atoms with Gasteiger partial charge < -0.3 is 68.7 Å². The normalized spacial score (nSPS) is 19.4. The van der Waals surface area contributed by atoms with Crippen LogP contribution in [0.4, 0.5) is 0 Å². The molecule has 27 heteroatoms. The third-order valence-electron chi connectivity index (χ3n) is 17.2. The Morgan fingerprint density at radius 1 is 0.455 bits per heavy atom. The molecule has 0 bridgehead atoms. The van der Waals surface area contributed by atoms with Crippen LogP contribution in [0.25, 0.3) is 12.2 Å². The Bertz CT molecular complexity index is 2950. The molecular weight excluding hydrogens is 1320 g/mol. The van der Waals surface area contributed by atoms with E-state index in [0.29, 0.717) is 220 Å². The number of aromatic hydroxyl groups is 2. The number of amides is 4. The van der Waals surface area contributed by atoms with Crippen molar-refractivity contribution in [3.63, 3.8) is 0 Å². The molecule has 5 saturated heterocycles. The minimum atomic E-state index is -1.09. The van der Waals surface area contributed by atoms with Gasteiger partial charge in [0.05, 0.1) is 92.5 Å². The molecular formula is C72H101N3O22S2. The Kier molecular flexibility index (Phi) is 39.3. The minimum Gasteiger partial charge on any atom is -0.507 e. The zero-order valence-electron chi connectivity index (χ0n) is 56.9. The van der Waals surface area contributed by atoms with E-state index in [0.717, 1.165) is 79.7 Å². The fourth-order valence-corrected chi connectivity index (χ4v) is 15.1. The fourth-order valence-electron chi connectivity index (χ4n) is 11.8. The highest BCUT2D eigenvalue weighted by Crippen LogP contribution is 2.42. The molecule has 0 spiro atoms. The predicted molar refractivity (Wildman–Crippen MR) is 370 cm³/mol. The minimum absolute atomic E-state index is 0.000509. The van der Waals surface area contributed by atoms with Gasteiger partial charge in [0.15, 0.2) is 0 Å². The second-order valence-corrected chi connectivity index (χ2v) is 27.4. The highest BCUT2D eigenvalue weighted by Gasteiger charge is 2.44. The van der Waals surface area contributed by atoms with E-state index >= 15 is 0 Å². The topological polar surface area (TPSA) is 342 Å². The molecule has 5 aliphatic heterocycles. The number of Topliss-reactive ketones (excluding diaryl/α,β-unsaturated/α-hetero) is 4. The quantitative estimate of drug-likeness (QED) is 0.0243. The zero-order chi connectivity index (χ0) is 70.8. The number of imide groups is 1. The molecule has 4 amide bonds. The predicted octanol–water partition coefficient (Wildman–Crippen LogP) is 7.48. The van der Waals surface area contributed by atoms with E-state index in [4.69, 9.17) is 47.8 Å². The van der Waals surface area contributed by atoms with E-state index < -0.39 is 23.8 Å². The van der Waals surface area contributed by atoms with Crippen LogP contribution in [0.3, 0.4) is 0 Å². The molecule has 5 heterocycles. The van der Waals surface area contributed by atoms with Crippen molar-refractivity contribution >= 4 is 94.4 Å². The Hall–Kier alpha value is -6.40. The van der Waals surface area contributed by atoms with E-state index in [1.165, 1.54) is 18.2 Å². The van der Waals surface area contributed by atoms with Crippen LogP contribution in [0.5, 0.6) is 11.5 Å². The number of nitrogens with zero attached hydrogens (tertiary/aromatic N) is 1. The van der Waals surface area contributed by atoms with Gasteiger partial charge in [-0.05, 0) is 86.8 Å². The SMILES string of the molecule is O=C(CCCCC1SCC2NC(=O)CC21)CCCOCCOCCOCCOCCC(=O)CCc1ccc(/C=C/C(=O)ON2C(=O)CCC2=O)c(O)c1.O=C(O)/C=C/c1ccc(CCC(=O)CCOCCOCCOCCOCCCC(=O)CCCCC2SCC3NC(=O)CC32)cc1O. The van der Waals surface area contributed by atoms with Gasteiger partial charge >= 0.3 is 11.9 Å². The van der Waals surface area contributed by atoms with Gasteiger partial charge in [-0.1, -0.05) is 37.1 Å². The average Bonchev–Trinajstić information content (AvgIpc) is 1.69. The second kappa shape index (κ2) is 47.7. The van der Waals surface area contributed by atoms with Crippen LogP contribution >= 0.6 is 23.5 Å². The number of hydrogen-bond acceptors (Lipinski definition) is 23. The van der Waals surface area contributed by atoms with Crippen molar-refractivity contribution < 1.29 is 106 Å². The van der Waals surface area contributed by atoms with Gasteiger partial charge in [-0.25, -0.2) is 9.59 Å². The number of carboxylic acids is 1. The summed E-state index contributed by atoms with van der Waals surface area (Å²) in [5, 5.41) is 36.7. The number of unbranched alkanes of at least 4 members (excludes halogenated alkanes) is 2. The first kappa shape index (κ1) is 81.6. The number of carbonyl (C=O) groups is 10. The van der Waals surface area contributed by atoms with Crippen molar-refractivity contribution in [1.82, 2.24) is 15.7 Å². The number of rotatable bonds is 53. The number of phenolic OH excluding ortho intramolecular Hbond substituents is 2. The summed E-state index contributed by atoms with van der Waals surface area (Å²) >= 11 is 3.93. The number of aliphatic carboxylic acids is 1. The number of carbonyl (C=O) groups excluding carboxylic acids is 9. The average molecular weight is 1420 g/mol. The second-order valence-electron chi connectivity index (χ2n) is 24.9. The summed E-state index contributed by atoms with van der Waals surface area (Å²) in [6.45, 7) is 6.76. The van der Waals surface area contributed by atoms with Crippen LogP contribution in [-0.4, -0.2) is 219 Å². The van der Waals surface area contributed by atoms with Crippen molar-refractivity contribution in [2.45, 2.75) is 164 Å². The largest absolute Gasteiger partial charge is 0.507 e. The van der Waals surface area contributed by atoms with Crippen molar-refractivity contribution in [2.24, 2.45) is 11.8 Å². The maximum atomic E-state index is 12.3. The van der Waals surface area contributed by atoms with Gasteiger partial charge in [0.25, 0.3) is 11.8 Å². The lowest BCUT2D eigenvalue weighted by atomic mass is 9.94. The van der Waals surface area contributed by atoms with Gasteiger partial charge in [0, 0.05) is 159 Å². The van der Waals surface area contributed by atoms with Gasteiger partial charge in [0.1, 0.15) is 34.6 Å². The maximum Gasteiger partial charge on any atom is 0.356 e. The number of hydrogen-bond donors (Lipinski definition) is 5. The van der Waals surface area contributed by atoms with Gasteiger partial charge in [-0.3, -0.25) is 38.4 Å². The number of hydroxylamine groups is 2. The van der Waals surface area contributed by atoms with Crippen molar-refractivity contribution in [3.8, 4) is 11.5 Å². The Morgan fingerprint density at radius 3 is 1.21 bits per heavy atom. The molecule has 5 fully saturated rings. The fraction of sp³-hybridized carbons (Fsp3) is 0.639. The Balaban J connectivity index is 0.000000315. The lowest BCUT2D eigenvalue weighted by Gasteiger charge is -2.15. The van der Waals surface area contributed by atoms with Crippen molar-refractivity contribution in [1.29, 1.82) is 0 Å². The smallest absolute Gasteiger partial charge is 0.356 e. The first-order chi connectivity index (χ1) is 48.0. The number of fused-ring (bicyclic) bond motifs is 2. The number of ether oxygens (including phenoxy) is 8. The van der Waals surface area contributed by atoms with E-state index in [9.17, 15) is 58.2 Å². The van der Waals surface area contributed by atoms with Crippen LogP contribution < -0.4 is 10.6 Å². The third kappa shape index (κ3) is 33.3. The molecule has 6 unspecified atom stereocenters. The number of nitrogens with one attached hydrogen (secondary N) is 2. The van der Waals surface area contributed by atoms with Crippen molar-refractivity contribution in [3.05, 3.63) is 70.8 Å². The maximum absolute atomic E-state index is 12.3. The van der Waals surface area contributed by atoms with E-state index in [-0.39, 0.29) is 78.7 Å². The van der Waals surface area contributed by atoms with Crippen LogP contribution in [0.1, 0.15) is 151 Å². The van der Waals surface area contributed by atoms with E-state index in [1.54, 1.807) is 30.3 Å². The molecule has 5 N–H and O–H groups in total. The summed E-state index contributed by atoms with van der Waals surface area (Å²) in [5.41, 5.74) is 2.28. The molecule has 0 aliphatic carbocycles. The summed E-state index contributed by atoms with van der Waals surface area (Å²) in [5.74, 6) is 0.728. The summed E-state index contributed by atoms with van der Waals surface area (Å²) in [6, 6.07) is 10.5. The Morgan fingerprint density at radius 2 is 0.818 bits per heavy atom. The first-order valence-corrected chi connectivity index (χ1v) is 36.9. The van der Waals surface area contributed by atoms with Gasteiger partial charge in [-0.15, -0.1) is 5.06 Å². The molecule has 548 valence electrons.